The summed E-state index contributed by atoms with van der Waals surface area (Å²) in [5.74, 6) is -0.494. The van der Waals surface area contributed by atoms with Gasteiger partial charge in [-0.25, -0.2) is 9.18 Å². The fraction of sp³-hybridized carbons (Fsp3) is 0.483. The smallest absolute Gasteiger partial charge is 0.324 e. The van der Waals surface area contributed by atoms with Gasteiger partial charge in [0.15, 0.2) is 0 Å². The second-order valence-corrected chi connectivity index (χ2v) is 10.2. The lowest BCUT2D eigenvalue weighted by molar-refractivity contribution is -0.135. The van der Waals surface area contributed by atoms with Crippen LogP contribution in [-0.2, 0) is 9.59 Å². The lowest BCUT2D eigenvalue weighted by atomic mass is 9.72. The Bertz CT molecular complexity index is 1080. The van der Waals surface area contributed by atoms with Crippen LogP contribution in [-0.4, -0.2) is 48.8 Å². The molecule has 36 heavy (non-hydrogen) atoms. The second kappa shape index (κ2) is 11.2. The van der Waals surface area contributed by atoms with Crippen LogP contribution in [0.4, 0.5) is 20.6 Å². The van der Waals surface area contributed by atoms with Gasteiger partial charge in [-0.05, 0) is 56.9 Å². The van der Waals surface area contributed by atoms with Crippen molar-refractivity contribution in [1.29, 1.82) is 0 Å². The van der Waals surface area contributed by atoms with Crippen molar-refractivity contribution in [3.63, 3.8) is 0 Å². The number of hydrogen-bond acceptors (Lipinski definition) is 3. The lowest BCUT2D eigenvalue weighted by Crippen LogP contribution is -2.52. The van der Waals surface area contributed by atoms with Gasteiger partial charge in [0.2, 0.25) is 5.91 Å². The Morgan fingerprint density at radius 2 is 1.56 bits per heavy atom. The number of anilines is 2. The molecule has 1 saturated carbocycles. The minimum atomic E-state index is -0.799. The summed E-state index contributed by atoms with van der Waals surface area (Å²) in [5.41, 5.74) is 0.297. The Balaban J connectivity index is 1.48. The van der Waals surface area contributed by atoms with Gasteiger partial charge in [-0.2, -0.15) is 0 Å². The molecule has 0 radical (unpaired) electrons. The van der Waals surface area contributed by atoms with Gasteiger partial charge in [0.05, 0.1) is 5.69 Å². The van der Waals surface area contributed by atoms with Gasteiger partial charge in [-0.15, -0.1) is 0 Å². The summed E-state index contributed by atoms with van der Waals surface area (Å²) in [5, 5.41) is 0. The molecule has 0 N–H and O–H groups in total. The van der Waals surface area contributed by atoms with E-state index in [0.717, 1.165) is 31.4 Å². The number of para-hydroxylation sites is 2. The fourth-order valence-corrected chi connectivity index (χ4v) is 5.68. The van der Waals surface area contributed by atoms with E-state index < -0.39 is 11.2 Å². The van der Waals surface area contributed by atoms with Crippen molar-refractivity contribution in [2.75, 3.05) is 29.9 Å². The number of rotatable bonds is 6. The first-order chi connectivity index (χ1) is 17.3. The number of Topliss-reactive ketones (excluding diaryl/α,β-unsaturated/α-hetero) is 1. The van der Waals surface area contributed by atoms with Gasteiger partial charge in [0, 0.05) is 43.7 Å². The van der Waals surface area contributed by atoms with Crippen molar-refractivity contribution >= 4 is 29.1 Å². The first kappa shape index (κ1) is 25.9. The molecule has 1 aliphatic heterocycles. The average Bonchev–Trinajstić information content (AvgIpc) is 2.90. The van der Waals surface area contributed by atoms with Crippen molar-refractivity contribution in [3.05, 3.63) is 60.4 Å². The highest BCUT2D eigenvalue weighted by molar-refractivity contribution is 5.98. The number of benzene rings is 2. The lowest BCUT2D eigenvalue weighted by Gasteiger charge is -2.42. The van der Waals surface area contributed by atoms with Crippen LogP contribution in [0.25, 0.3) is 0 Å². The Morgan fingerprint density at radius 1 is 0.944 bits per heavy atom. The third-order valence-electron chi connectivity index (χ3n) is 7.97. The third-order valence-corrected chi connectivity index (χ3v) is 7.97. The summed E-state index contributed by atoms with van der Waals surface area (Å²) in [7, 11) is 1.55. The quantitative estimate of drug-likeness (QED) is 0.510. The van der Waals surface area contributed by atoms with E-state index in [9.17, 15) is 18.8 Å². The van der Waals surface area contributed by atoms with Crippen LogP contribution in [0.1, 0.15) is 58.3 Å². The standard InChI is InChI=1S/C29H36FN3O3/c1-22(34)29(17-19-32(20-18-29)28(36)31(2)26-16-10-9-15-25(26)30)21-27(35)33(23-11-5-3-6-12-23)24-13-7-4-8-14-24/h3,5-6,9-12,15-16,24H,4,7-8,13-14,17-21H2,1-2H3. The molecule has 1 saturated heterocycles. The molecule has 192 valence electrons. The number of carbonyl (C=O) groups is 3. The Labute approximate surface area is 213 Å². The number of hydrogen-bond donors (Lipinski definition) is 0. The number of amides is 3. The summed E-state index contributed by atoms with van der Waals surface area (Å²) >= 11 is 0. The zero-order valence-corrected chi connectivity index (χ0v) is 21.3. The van der Waals surface area contributed by atoms with Gasteiger partial charge < -0.3 is 9.80 Å². The summed E-state index contributed by atoms with van der Waals surface area (Å²) in [6.07, 6.45) is 6.30. The first-order valence-corrected chi connectivity index (χ1v) is 13.0. The number of likely N-dealkylation sites (tertiary alicyclic amines) is 1. The SMILES string of the molecule is CC(=O)C1(CC(=O)N(c2ccccc2)C2CCCCC2)CCN(C(=O)N(C)c2ccccc2F)CC1. The van der Waals surface area contributed by atoms with E-state index in [1.165, 1.54) is 17.4 Å². The van der Waals surface area contributed by atoms with Crippen LogP contribution < -0.4 is 9.80 Å². The van der Waals surface area contributed by atoms with Crippen LogP contribution in [0.5, 0.6) is 0 Å². The minimum Gasteiger partial charge on any atom is -0.324 e. The Morgan fingerprint density at radius 3 is 2.17 bits per heavy atom. The average molecular weight is 494 g/mol. The van der Waals surface area contributed by atoms with Gasteiger partial charge >= 0.3 is 6.03 Å². The maximum absolute atomic E-state index is 14.2. The topological polar surface area (TPSA) is 60.9 Å². The molecule has 4 rings (SSSR count). The molecule has 0 bridgehead atoms. The van der Waals surface area contributed by atoms with Gasteiger partial charge in [0.25, 0.3) is 0 Å². The van der Waals surface area contributed by atoms with Crippen LogP contribution in [0, 0.1) is 11.2 Å². The maximum atomic E-state index is 14.2. The monoisotopic (exact) mass is 493 g/mol. The molecule has 0 aromatic heterocycles. The molecule has 0 unspecified atom stereocenters. The van der Waals surface area contributed by atoms with Gasteiger partial charge in [-0.1, -0.05) is 49.6 Å². The molecule has 3 amide bonds. The summed E-state index contributed by atoms with van der Waals surface area (Å²) in [4.78, 5) is 44.7. The zero-order chi connectivity index (χ0) is 25.7. The van der Waals surface area contributed by atoms with E-state index in [1.54, 1.807) is 37.1 Å². The van der Waals surface area contributed by atoms with Crippen molar-refractivity contribution in [1.82, 2.24) is 4.90 Å². The highest BCUT2D eigenvalue weighted by Gasteiger charge is 2.44. The highest BCUT2D eigenvalue weighted by atomic mass is 19.1. The molecule has 2 fully saturated rings. The van der Waals surface area contributed by atoms with Gasteiger partial charge in [0.1, 0.15) is 11.6 Å². The minimum absolute atomic E-state index is 0.0120. The second-order valence-electron chi connectivity index (χ2n) is 10.2. The molecular weight excluding hydrogens is 457 g/mol. The molecule has 2 aliphatic rings. The van der Waals surface area contributed by atoms with E-state index in [1.807, 2.05) is 35.2 Å². The summed E-state index contributed by atoms with van der Waals surface area (Å²) in [6, 6.07) is 15.8. The number of carbonyl (C=O) groups excluding carboxylic acids is 3. The Kier molecular flexibility index (Phi) is 8.07. The van der Waals surface area contributed by atoms with E-state index in [0.29, 0.717) is 25.9 Å². The largest absolute Gasteiger partial charge is 0.324 e. The predicted octanol–water partition coefficient (Wildman–Crippen LogP) is 5.81. The van der Waals surface area contributed by atoms with E-state index >= 15 is 0 Å². The van der Waals surface area contributed by atoms with Crippen LogP contribution in [0.3, 0.4) is 0 Å². The van der Waals surface area contributed by atoms with Gasteiger partial charge in [-0.3, -0.25) is 14.5 Å². The molecule has 0 spiro atoms. The normalized spacial score (nSPS) is 17.9. The van der Waals surface area contributed by atoms with E-state index in [4.69, 9.17) is 0 Å². The van der Waals surface area contributed by atoms with Crippen molar-refractivity contribution in [3.8, 4) is 0 Å². The zero-order valence-electron chi connectivity index (χ0n) is 21.3. The number of ketones is 1. The molecule has 7 heteroatoms. The van der Waals surface area contributed by atoms with Crippen LogP contribution in [0.15, 0.2) is 54.6 Å². The van der Waals surface area contributed by atoms with Crippen molar-refractivity contribution < 1.29 is 18.8 Å². The predicted molar refractivity (Wildman–Crippen MR) is 140 cm³/mol. The van der Waals surface area contributed by atoms with E-state index in [-0.39, 0.29) is 35.9 Å². The summed E-state index contributed by atoms with van der Waals surface area (Å²) < 4.78 is 14.2. The number of piperidine rings is 1. The third kappa shape index (κ3) is 5.45. The molecule has 2 aromatic rings. The fourth-order valence-electron chi connectivity index (χ4n) is 5.68. The molecule has 1 heterocycles. The molecule has 6 nitrogen and oxygen atoms in total. The van der Waals surface area contributed by atoms with Crippen LogP contribution >= 0.6 is 0 Å². The highest BCUT2D eigenvalue weighted by Crippen LogP contribution is 2.39. The van der Waals surface area contributed by atoms with Crippen molar-refractivity contribution in [2.24, 2.45) is 5.41 Å². The first-order valence-electron chi connectivity index (χ1n) is 13.0. The number of halogens is 1. The maximum Gasteiger partial charge on any atom is 0.324 e. The van der Waals surface area contributed by atoms with E-state index in [2.05, 4.69) is 0 Å². The Hall–Kier alpha value is -3.22. The number of nitrogens with zero attached hydrogens (tertiary/aromatic N) is 3. The summed E-state index contributed by atoms with van der Waals surface area (Å²) in [6.45, 7) is 2.25. The molecular formula is C29H36FN3O3. The number of urea groups is 1. The molecule has 2 aromatic carbocycles. The molecule has 0 atom stereocenters. The molecule has 1 aliphatic carbocycles. The van der Waals surface area contributed by atoms with Crippen LogP contribution in [0.2, 0.25) is 0 Å². The van der Waals surface area contributed by atoms with Crippen molar-refractivity contribution in [2.45, 2.75) is 64.3 Å².